The molecular formula is C23H27N3O3. The molecule has 6 nitrogen and oxygen atoms in total. The molecular weight excluding hydrogens is 366 g/mol. The molecule has 0 amide bonds. The predicted octanol–water partition coefficient (Wildman–Crippen LogP) is 4.24. The first-order chi connectivity index (χ1) is 13.7. The lowest BCUT2D eigenvalue weighted by atomic mass is 10.2. The third-order valence-corrected chi connectivity index (χ3v) is 3.62. The van der Waals surface area contributed by atoms with Crippen molar-refractivity contribution < 1.29 is 14.7 Å². The molecule has 3 rings (SSSR count). The van der Waals surface area contributed by atoms with E-state index in [1.807, 2.05) is 63.2 Å². The monoisotopic (exact) mass is 393 g/mol. The van der Waals surface area contributed by atoms with Crippen molar-refractivity contribution in [1.82, 2.24) is 15.0 Å². The molecule has 1 unspecified atom stereocenters. The van der Waals surface area contributed by atoms with Crippen molar-refractivity contribution in [2.45, 2.75) is 40.7 Å². The van der Waals surface area contributed by atoms with Gasteiger partial charge < -0.3 is 5.11 Å². The Morgan fingerprint density at radius 1 is 0.862 bits per heavy atom. The topological polar surface area (TPSA) is 93.0 Å². The molecule has 0 aliphatic carbocycles. The van der Waals surface area contributed by atoms with Crippen molar-refractivity contribution >= 4 is 12.1 Å². The van der Waals surface area contributed by atoms with Gasteiger partial charge in [-0.2, -0.15) is 0 Å². The zero-order valence-corrected chi connectivity index (χ0v) is 17.5. The van der Waals surface area contributed by atoms with E-state index in [0.29, 0.717) is 11.4 Å². The molecule has 6 heteroatoms. The van der Waals surface area contributed by atoms with Crippen LogP contribution in [0.5, 0.6) is 0 Å². The van der Waals surface area contributed by atoms with Crippen LogP contribution in [-0.4, -0.2) is 32.1 Å². The van der Waals surface area contributed by atoms with Crippen molar-refractivity contribution in [1.29, 1.82) is 0 Å². The highest BCUT2D eigenvalue weighted by Gasteiger charge is 2.00. The smallest absolute Gasteiger partial charge is 0.178 e. The minimum atomic E-state index is -0.458. The molecule has 0 bridgehead atoms. The Hall–Kier alpha value is -3.25. The molecule has 0 fully saturated rings. The number of ketones is 1. The molecule has 0 spiro atoms. The molecule has 3 aromatic rings. The minimum absolute atomic E-state index is 0.0173. The van der Waals surface area contributed by atoms with Crippen LogP contribution >= 0.6 is 0 Å². The number of Topliss-reactive ketones (excluding diaryl/α,β-unsaturated/α-hetero) is 1. The predicted molar refractivity (Wildman–Crippen MR) is 113 cm³/mol. The highest BCUT2D eigenvalue weighted by molar-refractivity contribution is 5.92. The van der Waals surface area contributed by atoms with Gasteiger partial charge in [-0.3, -0.25) is 24.5 Å². The molecule has 0 saturated carbocycles. The number of carbonyl (C=O) groups excluding carboxylic acids is 2. The summed E-state index contributed by atoms with van der Waals surface area (Å²) in [6, 6.07) is 16.4. The highest BCUT2D eigenvalue weighted by atomic mass is 16.3. The van der Waals surface area contributed by atoms with Crippen molar-refractivity contribution in [3.8, 4) is 0 Å². The molecule has 1 N–H and O–H groups in total. The number of carbonyl (C=O) groups is 2. The Kier molecular flexibility index (Phi) is 10.1. The van der Waals surface area contributed by atoms with Crippen LogP contribution in [-0.2, 0) is 0 Å². The van der Waals surface area contributed by atoms with E-state index in [-0.39, 0.29) is 5.78 Å². The van der Waals surface area contributed by atoms with Crippen LogP contribution in [0, 0.1) is 20.8 Å². The Bertz CT molecular complexity index is 940. The molecule has 152 valence electrons. The second-order valence-corrected chi connectivity index (χ2v) is 6.42. The van der Waals surface area contributed by atoms with Gasteiger partial charge in [-0.25, -0.2) is 0 Å². The first-order valence-electron chi connectivity index (χ1n) is 9.18. The van der Waals surface area contributed by atoms with Gasteiger partial charge >= 0.3 is 0 Å². The summed E-state index contributed by atoms with van der Waals surface area (Å²) in [5.41, 5.74) is 4.47. The number of hydrogen-bond acceptors (Lipinski definition) is 6. The normalized spacial score (nSPS) is 10.6. The summed E-state index contributed by atoms with van der Waals surface area (Å²) in [5, 5.41) is 9.09. The molecule has 29 heavy (non-hydrogen) atoms. The highest BCUT2D eigenvalue weighted by Crippen LogP contribution is 2.07. The zero-order chi connectivity index (χ0) is 21.8. The Balaban J connectivity index is 0.000000218. The van der Waals surface area contributed by atoms with E-state index in [1.54, 1.807) is 19.1 Å². The number of aliphatic hydroxyl groups excluding tert-OH is 1. The van der Waals surface area contributed by atoms with Crippen molar-refractivity contribution in [3.63, 3.8) is 0 Å². The molecule has 0 aromatic carbocycles. The van der Waals surface area contributed by atoms with Gasteiger partial charge in [-0.1, -0.05) is 18.2 Å². The van der Waals surface area contributed by atoms with Gasteiger partial charge in [0.15, 0.2) is 12.1 Å². The van der Waals surface area contributed by atoms with Gasteiger partial charge in [-0.05, 0) is 64.1 Å². The first kappa shape index (κ1) is 23.8. The number of rotatable bonds is 3. The lowest BCUT2D eigenvalue weighted by Crippen LogP contribution is -1.96. The van der Waals surface area contributed by atoms with E-state index in [2.05, 4.69) is 15.0 Å². The summed E-state index contributed by atoms with van der Waals surface area (Å²) in [7, 11) is 0. The third kappa shape index (κ3) is 9.48. The largest absolute Gasteiger partial charge is 0.387 e. The van der Waals surface area contributed by atoms with Gasteiger partial charge in [0.1, 0.15) is 11.4 Å². The molecule has 3 aromatic heterocycles. The van der Waals surface area contributed by atoms with E-state index in [0.717, 1.165) is 29.1 Å². The van der Waals surface area contributed by atoms with Crippen LogP contribution < -0.4 is 0 Å². The summed E-state index contributed by atoms with van der Waals surface area (Å²) >= 11 is 0. The lowest BCUT2D eigenvalue weighted by Gasteiger charge is -2.02. The molecule has 1 atom stereocenters. The fourth-order valence-electron chi connectivity index (χ4n) is 2.17. The fourth-order valence-corrected chi connectivity index (χ4v) is 2.17. The zero-order valence-electron chi connectivity index (χ0n) is 17.5. The second kappa shape index (κ2) is 12.3. The summed E-state index contributed by atoms with van der Waals surface area (Å²) in [5.74, 6) is 0.0173. The van der Waals surface area contributed by atoms with Crippen molar-refractivity contribution in [2.75, 3.05) is 0 Å². The van der Waals surface area contributed by atoms with Gasteiger partial charge in [0.2, 0.25) is 0 Å². The van der Waals surface area contributed by atoms with Gasteiger partial charge in [0, 0.05) is 24.0 Å². The van der Waals surface area contributed by atoms with Crippen LogP contribution in [0.3, 0.4) is 0 Å². The average molecular weight is 393 g/mol. The van der Waals surface area contributed by atoms with E-state index >= 15 is 0 Å². The van der Waals surface area contributed by atoms with Crippen LogP contribution in [0.2, 0.25) is 0 Å². The van der Waals surface area contributed by atoms with Crippen molar-refractivity contribution in [2.24, 2.45) is 0 Å². The maximum absolute atomic E-state index is 10.7. The SMILES string of the molecule is CC(=O)c1cccc(C)n1.Cc1cccc(C(C)O)n1.Cc1cccc(C=O)n1. The second-order valence-electron chi connectivity index (χ2n) is 6.42. The maximum Gasteiger partial charge on any atom is 0.178 e. The number of pyridine rings is 3. The minimum Gasteiger partial charge on any atom is -0.387 e. The number of aliphatic hydroxyl groups is 1. The first-order valence-corrected chi connectivity index (χ1v) is 9.18. The molecule has 0 aliphatic rings. The van der Waals surface area contributed by atoms with Crippen LogP contribution in [0.4, 0.5) is 0 Å². The number of aromatic nitrogens is 3. The number of aldehydes is 1. The number of aryl methyl sites for hydroxylation is 3. The Morgan fingerprint density at radius 3 is 1.72 bits per heavy atom. The lowest BCUT2D eigenvalue weighted by molar-refractivity contribution is 0.101. The quantitative estimate of drug-likeness (QED) is 0.528. The molecule has 0 radical (unpaired) electrons. The average Bonchev–Trinajstić information content (AvgIpc) is 2.69. The maximum atomic E-state index is 10.7. The van der Waals surface area contributed by atoms with E-state index in [9.17, 15) is 9.59 Å². The summed E-state index contributed by atoms with van der Waals surface area (Å²) in [4.78, 5) is 32.9. The number of nitrogens with zero attached hydrogens (tertiary/aromatic N) is 3. The summed E-state index contributed by atoms with van der Waals surface area (Å²) < 4.78 is 0. The summed E-state index contributed by atoms with van der Waals surface area (Å²) in [6.07, 6.45) is 0.285. The third-order valence-electron chi connectivity index (χ3n) is 3.62. The van der Waals surface area contributed by atoms with Crippen LogP contribution in [0.25, 0.3) is 0 Å². The fraction of sp³-hybridized carbons (Fsp3) is 0.261. The molecule has 3 heterocycles. The Morgan fingerprint density at radius 2 is 1.38 bits per heavy atom. The standard InChI is InChI=1S/C8H11NO.C8H9NO.C7H7NO/c2*1-6-4-3-5-8(9-6)7(2)10;1-6-3-2-4-7(5-9)8-6/h3-5,7,10H,1-2H3;3-5H,1-2H3;2-5H,1H3. The van der Waals surface area contributed by atoms with Crippen LogP contribution in [0.15, 0.2) is 54.6 Å². The van der Waals surface area contributed by atoms with Gasteiger partial charge in [0.05, 0.1) is 11.8 Å². The number of hydrogen-bond donors (Lipinski definition) is 1. The van der Waals surface area contributed by atoms with Crippen molar-refractivity contribution in [3.05, 3.63) is 88.8 Å². The van der Waals surface area contributed by atoms with E-state index in [1.165, 1.54) is 6.92 Å². The van der Waals surface area contributed by atoms with Gasteiger partial charge in [-0.15, -0.1) is 0 Å². The van der Waals surface area contributed by atoms with E-state index < -0.39 is 6.10 Å². The van der Waals surface area contributed by atoms with Crippen LogP contribution in [0.1, 0.15) is 63.7 Å². The molecule has 0 saturated heterocycles. The van der Waals surface area contributed by atoms with E-state index in [4.69, 9.17) is 5.11 Å². The van der Waals surface area contributed by atoms with Gasteiger partial charge in [0.25, 0.3) is 0 Å². The summed E-state index contributed by atoms with van der Waals surface area (Å²) in [6.45, 7) is 8.86. The molecule has 0 aliphatic heterocycles. The Labute approximate surface area is 171 Å².